The van der Waals surface area contributed by atoms with Crippen LogP contribution in [0.5, 0.6) is 0 Å². The number of alkyl halides is 3. The second-order valence-corrected chi connectivity index (χ2v) is 6.22. The van der Waals surface area contributed by atoms with Gasteiger partial charge in [0.15, 0.2) is 0 Å². The molecule has 0 spiro atoms. The molecule has 7 heteroatoms. The molecule has 1 heterocycles. The quantitative estimate of drug-likeness (QED) is 0.620. The van der Waals surface area contributed by atoms with Crippen LogP contribution in [0.15, 0.2) is 38.8 Å². The molecule has 0 unspecified atom stereocenters. The van der Waals surface area contributed by atoms with Gasteiger partial charge in [-0.15, -0.1) is 0 Å². The molecule has 1 aromatic carbocycles. The maximum Gasteiger partial charge on any atom is 0.412 e. The van der Waals surface area contributed by atoms with Crippen LogP contribution in [0, 0.1) is 0 Å². The SMILES string of the molecule is O=C(c1cc(Br)cc(Br)c1)N1CC=C(C(F)(F)F)CC1. The highest BCUT2D eigenvalue weighted by Crippen LogP contribution is 2.30. The van der Waals surface area contributed by atoms with Crippen LogP contribution in [-0.4, -0.2) is 30.1 Å². The van der Waals surface area contributed by atoms with Crippen LogP contribution in [-0.2, 0) is 0 Å². The standard InChI is InChI=1S/C13H10Br2F3NO/c14-10-5-8(6-11(15)7-10)12(20)19-3-1-9(2-4-19)13(16,17)18/h1,5-7H,2-4H2. The molecule has 108 valence electrons. The summed E-state index contributed by atoms with van der Waals surface area (Å²) >= 11 is 6.56. The molecule has 1 aliphatic rings. The predicted molar refractivity (Wildman–Crippen MR) is 76.5 cm³/mol. The summed E-state index contributed by atoms with van der Waals surface area (Å²) in [6.45, 7) is 0.0616. The zero-order valence-electron chi connectivity index (χ0n) is 10.2. The highest BCUT2D eigenvalue weighted by Gasteiger charge is 2.35. The summed E-state index contributed by atoms with van der Waals surface area (Å²) in [6.07, 6.45) is -3.38. The highest BCUT2D eigenvalue weighted by atomic mass is 79.9. The maximum absolute atomic E-state index is 12.5. The smallest absolute Gasteiger partial charge is 0.335 e. The molecular weight excluding hydrogens is 403 g/mol. The van der Waals surface area contributed by atoms with Crippen molar-refractivity contribution in [2.45, 2.75) is 12.6 Å². The lowest BCUT2D eigenvalue weighted by Gasteiger charge is -2.27. The van der Waals surface area contributed by atoms with E-state index in [1.54, 1.807) is 18.2 Å². The van der Waals surface area contributed by atoms with Crippen molar-refractivity contribution in [1.82, 2.24) is 4.90 Å². The normalized spacial score (nSPS) is 16.1. The topological polar surface area (TPSA) is 20.3 Å². The first-order valence-corrected chi connectivity index (χ1v) is 7.37. The van der Waals surface area contributed by atoms with Crippen molar-refractivity contribution in [3.8, 4) is 0 Å². The summed E-state index contributed by atoms with van der Waals surface area (Å²) in [5.41, 5.74) is -0.118. The van der Waals surface area contributed by atoms with Gasteiger partial charge in [0.05, 0.1) is 0 Å². The largest absolute Gasteiger partial charge is 0.412 e. The van der Waals surface area contributed by atoms with E-state index in [1.807, 2.05) is 0 Å². The van der Waals surface area contributed by atoms with Crippen molar-refractivity contribution < 1.29 is 18.0 Å². The van der Waals surface area contributed by atoms with E-state index < -0.39 is 11.7 Å². The van der Waals surface area contributed by atoms with Crippen molar-refractivity contribution >= 4 is 37.8 Å². The van der Waals surface area contributed by atoms with E-state index >= 15 is 0 Å². The zero-order valence-corrected chi connectivity index (χ0v) is 13.3. The van der Waals surface area contributed by atoms with Crippen LogP contribution in [0.1, 0.15) is 16.8 Å². The minimum absolute atomic E-state index is 0.0161. The van der Waals surface area contributed by atoms with Gasteiger partial charge in [-0.05, 0) is 24.6 Å². The Morgan fingerprint density at radius 2 is 1.75 bits per heavy atom. The van der Waals surface area contributed by atoms with Gasteiger partial charge in [0, 0.05) is 33.2 Å². The first kappa shape index (κ1) is 15.6. The van der Waals surface area contributed by atoms with E-state index in [9.17, 15) is 18.0 Å². The van der Waals surface area contributed by atoms with Gasteiger partial charge in [-0.1, -0.05) is 37.9 Å². The van der Waals surface area contributed by atoms with Crippen molar-refractivity contribution in [2.24, 2.45) is 0 Å². The van der Waals surface area contributed by atoms with Crippen LogP contribution in [0.3, 0.4) is 0 Å². The van der Waals surface area contributed by atoms with Crippen LogP contribution in [0.2, 0.25) is 0 Å². The van der Waals surface area contributed by atoms with Gasteiger partial charge in [0.25, 0.3) is 5.91 Å². The van der Waals surface area contributed by atoms with Gasteiger partial charge >= 0.3 is 6.18 Å². The van der Waals surface area contributed by atoms with Crippen LogP contribution in [0.4, 0.5) is 13.2 Å². The summed E-state index contributed by atoms with van der Waals surface area (Å²) in [6, 6.07) is 5.08. The Bertz CT molecular complexity index is 549. The van der Waals surface area contributed by atoms with Crippen molar-refractivity contribution in [2.75, 3.05) is 13.1 Å². The summed E-state index contributed by atoms with van der Waals surface area (Å²) < 4.78 is 39.0. The number of benzene rings is 1. The van der Waals surface area contributed by atoms with Crippen molar-refractivity contribution in [3.05, 3.63) is 44.4 Å². The molecule has 0 saturated carbocycles. The minimum Gasteiger partial charge on any atom is -0.335 e. The zero-order chi connectivity index (χ0) is 14.9. The summed E-state index contributed by atoms with van der Waals surface area (Å²) in [4.78, 5) is 13.6. The average Bonchev–Trinajstić information content (AvgIpc) is 2.36. The molecule has 0 bridgehead atoms. The lowest BCUT2D eigenvalue weighted by atomic mass is 10.1. The number of rotatable bonds is 1. The van der Waals surface area contributed by atoms with Crippen LogP contribution in [0.25, 0.3) is 0 Å². The Hall–Kier alpha value is -0.820. The van der Waals surface area contributed by atoms with E-state index in [0.717, 1.165) is 15.0 Å². The van der Waals surface area contributed by atoms with Gasteiger partial charge in [0.2, 0.25) is 0 Å². The molecule has 0 N–H and O–H groups in total. The van der Waals surface area contributed by atoms with Crippen LogP contribution >= 0.6 is 31.9 Å². The van der Waals surface area contributed by atoms with Gasteiger partial charge in [-0.2, -0.15) is 13.2 Å². The molecule has 0 fully saturated rings. The lowest BCUT2D eigenvalue weighted by molar-refractivity contribution is -0.0957. The third-order valence-corrected chi connectivity index (χ3v) is 3.89. The Morgan fingerprint density at radius 3 is 2.20 bits per heavy atom. The molecule has 0 aromatic heterocycles. The fourth-order valence-corrected chi connectivity index (χ4v) is 3.26. The molecule has 20 heavy (non-hydrogen) atoms. The number of nitrogens with zero attached hydrogens (tertiary/aromatic N) is 1. The third-order valence-electron chi connectivity index (χ3n) is 2.97. The second kappa shape index (κ2) is 5.89. The van der Waals surface area contributed by atoms with Gasteiger partial charge in [0.1, 0.15) is 0 Å². The predicted octanol–water partition coefficient (Wildman–Crippen LogP) is 4.55. The van der Waals surface area contributed by atoms with Gasteiger partial charge in [-0.3, -0.25) is 4.79 Å². The molecule has 1 aliphatic heterocycles. The number of carbonyl (C=O) groups is 1. The first-order chi connectivity index (χ1) is 9.27. The van der Waals surface area contributed by atoms with E-state index in [1.165, 1.54) is 4.90 Å². The van der Waals surface area contributed by atoms with Gasteiger partial charge < -0.3 is 4.90 Å². The van der Waals surface area contributed by atoms with Crippen molar-refractivity contribution in [3.63, 3.8) is 0 Å². The Morgan fingerprint density at radius 1 is 1.15 bits per heavy atom. The van der Waals surface area contributed by atoms with E-state index in [0.29, 0.717) is 5.56 Å². The second-order valence-electron chi connectivity index (χ2n) is 4.39. The third kappa shape index (κ3) is 3.63. The lowest BCUT2D eigenvalue weighted by Crippen LogP contribution is -2.36. The fraction of sp³-hybridized carbons (Fsp3) is 0.308. The van der Waals surface area contributed by atoms with E-state index in [2.05, 4.69) is 31.9 Å². The summed E-state index contributed by atoms with van der Waals surface area (Å²) in [7, 11) is 0. The van der Waals surface area contributed by atoms with E-state index in [-0.39, 0.29) is 25.4 Å². The molecule has 0 aliphatic carbocycles. The molecule has 0 radical (unpaired) electrons. The number of hydrogen-bond acceptors (Lipinski definition) is 1. The summed E-state index contributed by atoms with van der Waals surface area (Å²) in [5, 5.41) is 0. The molecule has 1 aromatic rings. The number of amides is 1. The van der Waals surface area contributed by atoms with Crippen molar-refractivity contribution in [1.29, 1.82) is 0 Å². The Kier molecular flexibility index (Phi) is 4.59. The van der Waals surface area contributed by atoms with Gasteiger partial charge in [-0.25, -0.2) is 0 Å². The Balaban J connectivity index is 2.14. The molecule has 2 nitrogen and oxygen atoms in total. The highest BCUT2D eigenvalue weighted by molar-refractivity contribution is 9.11. The summed E-state index contributed by atoms with van der Waals surface area (Å²) in [5.74, 6) is -0.274. The van der Waals surface area contributed by atoms with Crippen LogP contribution < -0.4 is 0 Å². The number of hydrogen-bond donors (Lipinski definition) is 0. The molecule has 0 atom stereocenters. The Labute approximate surface area is 130 Å². The van der Waals surface area contributed by atoms with E-state index in [4.69, 9.17) is 0 Å². The minimum atomic E-state index is -4.30. The fourth-order valence-electron chi connectivity index (χ4n) is 1.97. The first-order valence-electron chi connectivity index (χ1n) is 5.79. The molecule has 0 saturated heterocycles. The maximum atomic E-state index is 12.5. The molecule has 1 amide bonds. The average molecular weight is 413 g/mol. The number of halogens is 5. The number of carbonyl (C=O) groups excluding carboxylic acids is 1. The monoisotopic (exact) mass is 411 g/mol. The molecule has 2 rings (SSSR count). The molecular formula is C13H10Br2F3NO.